The van der Waals surface area contributed by atoms with Gasteiger partial charge in [0, 0.05) is 12.1 Å². The Bertz CT molecular complexity index is 529. The summed E-state index contributed by atoms with van der Waals surface area (Å²) < 4.78 is 0. The highest BCUT2D eigenvalue weighted by Gasteiger charge is 2.18. The van der Waals surface area contributed by atoms with Crippen molar-refractivity contribution < 1.29 is 0 Å². The van der Waals surface area contributed by atoms with Gasteiger partial charge in [0.05, 0.1) is 0 Å². The van der Waals surface area contributed by atoms with Crippen LogP contribution in [0.2, 0.25) is 0 Å². The van der Waals surface area contributed by atoms with E-state index in [2.05, 4.69) is 47.8 Å². The van der Waals surface area contributed by atoms with E-state index in [-0.39, 0.29) is 6.04 Å². The minimum atomic E-state index is 0.144. The molecule has 1 heterocycles. The van der Waals surface area contributed by atoms with Crippen molar-refractivity contribution in [1.29, 1.82) is 0 Å². The van der Waals surface area contributed by atoms with Crippen molar-refractivity contribution in [3.05, 3.63) is 48.0 Å². The number of benzene rings is 2. The van der Waals surface area contributed by atoms with E-state index in [4.69, 9.17) is 5.73 Å². The van der Waals surface area contributed by atoms with Gasteiger partial charge >= 0.3 is 0 Å². The molecule has 0 aromatic heterocycles. The molecule has 2 unspecified atom stereocenters. The standard InChI is InChI=1S/C16H20N2/c17-16(11-15-6-3-9-18-15)14-8-7-12-4-1-2-5-13(12)10-14/h1-2,4-5,7-8,10,15-16,18H,3,6,9,11,17H2. The summed E-state index contributed by atoms with van der Waals surface area (Å²) in [6, 6.07) is 15.8. The lowest BCUT2D eigenvalue weighted by Gasteiger charge is -2.17. The summed E-state index contributed by atoms with van der Waals surface area (Å²) in [5.41, 5.74) is 7.58. The normalized spacial score (nSPS) is 21.3. The van der Waals surface area contributed by atoms with Crippen LogP contribution in [0.15, 0.2) is 42.5 Å². The fraction of sp³-hybridized carbons (Fsp3) is 0.375. The second-order valence-electron chi connectivity index (χ2n) is 5.24. The van der Waals surface area contributed by atoms with Crippen molar-refractivity contribution >= 4 is 10.8 Å². The molecule has 0 amide bonds. The van der Waals surface area contributed by atoms with Crippen molar-refractivity contribution in [3.8, 4) is 0 Å². The zero-order valence-electron chi connectivity index (χ0n) is 10.6. The molecule has 0 aliphatic carbocycles. The van der Waals surface area contributed by atoms with Crippen LogP contribution in [0.4, 0.5) is 0 Å². The molecule has 2 aromatic rings. The molecule has 0 radical (unpaired) electrons. The van der Waals surface area contributed by atoms with Gasteiger partial charge < -0.3 is 11.1 Å². The molecule has 2 heteroatoms. The van der Waals surface area contributed by atoms with Crippen LogP contribution in [0, 0.1) is 0 Å². The first-order valence-corrected chi connectivity index (χ1v) is 6.80. The quantitative estimate of drug-likeness (QED) is 0.865. The summed E-state index contributed by atoms with van der Waals surface area (Å²) in [7, 11) is 0. The van der Waals surface area contributed by atoms with Crippen LogP contribution in [0.1, 0.15) is 30.9 Å². The molecule has 18 heavy (non-hydrogen) atoms. The third-order valence-electron chi connectivity index (χ3n) is 3.90. The molecule has 2 aromatic carbocycles. The summed E-state index contributed by atoms with van der Waals surface area (Å²) in [6.45, 7) is 1.15. The first-order valence-electron chi connectivity index (χ1n) is 6.80. The largest absolute Gasteiger partial charge is 0.324 e. The Kier molecular flexibility index (Phi) is 3.31. The van der Waals surface area contributed by atoms with Gasteiger partial charge in [-0.15, -0.1) is 0 Å². The average molecular weight is 240 g/mol. The predicted molar refractivity (Wildman–Crippen MR) is 76.5 cm³/mol. The van der Waals surface area contributed by atoms with Crippen molar-refractivity contribution in [2.75, 3.05) is 6.54 Å². The van der Waals surface area contributed by atoms with E-state index in [1.165, 1.54) is 29.2 Å². The molecular formula is C16H20N2. The van der Waals surface area contributed by atoms with E-state index in [1.807, 2.05) is 0 Å². The summed E-state index contributed by atoms with van der Waals surface area (Å²) in [5, 5.41) is 6.08. The van der Waals surface area contributed by atoms with Gasteiger partial charge in [0.15, 0.2) is 0 Å². The second kappa shape index (κ2) is 5.09. The van der Waals surface area contributed by atoms with E-state index in [9.17, 15) is 0 Å². The van der Waals surface area contributed by atoms with Gasteiger partial charge in [0.25, 0.3) is 0 Å². The molecule has 3 rings (SSSR count). The van der Waals surface area contributed by atoms with Crippen LogP contribution in [-0.2, 0) is 0 Å². The number of nitrogens with two attached hydrogens (primary N) is 1. The Morgan fingerprint density at radius 2 is 2.00 bits per heavy atom. The van der Waals surface area contributed by atoms with Gasteiger partial charge in [-0.1, -0.05) is 36.4 Å². The topological polar surface area (TPSA) is 38.0 Å². The lowest BCUT2D eigenvalue weighted by atomic mass is 9.97. The maximum absolute atomic E-state index is 6.33. The lowest BCUT2D eigenvalue weighted by molar-refractivity contribution is 0.499. The van der Waals surface area contributed by atoms with Crippen LogP contribution in [0.3, 0.4) is 0 Å². The summed E-state index contributed by atoms with van der Waals surface area (Å²) >= 11 is 0. The highest BCUT2D eigenvalue weighted by molar-refractivity contribution is 5.83. The molecule has 0 bridgehead atoms. The molecule has 1 aliphatic rings. The average Bonchev–Trinajstić information content (AvgIpc) is 2.91. The maximum Gasteiger partial charge on any atom is 0.0309 e. The van der Waals surface area contributed by atoms with Gasteiger partial charge in [-0.25, -0.2) is 0 Å². The molecule has 1 aliphatic heterocycles. The van der Waals surface area contributed by atoms with Gasteiger partial charge in [-0.3, -0.25) is 0 Å². The summed E-state index contributed by atoms with van der Waals surface area (Å²) in [5.74, 6) is 0. The van der Waals surface area contributed by atoms with Crippen molar-refractivity contribution in [3.63, 3.8) is 0 Å². The minimum absolute atomic E-state index is 0.144. The molecule has 3 N–H and O–H groups in total. The highest BCUT2D eigenvalue weighted by atomic mass is 14.9. The van der Waals surface area contributed by atoms with E-state index in [0.717, 1.165) is 13.0 Å². The fourth-order valence-corrected chi connectivity index (χ4v) is 2.84. The first-order chi connectivity index (χ1) is 8.83. The van der Waals surface area contributed by atoms with Crippen LogP contribution in [0.5, 0.6) is 0 Å². The highest BCUT2D eigenvalue weighted by Crippen LogP contribution is 2.23. The third-order valence-corrected chi connectivity index (χ3v) is 3.90. The molecule has 1 fully saturated rings. The predicted octanol–water partition coefficient (Wildman–Crippen LogP) is 2.98. The SMILES string of the molecule is NC(CC1CCCN1)c1ccc2ccccc2c1. The number of hydrogen-bond acceptors (Lipinski definition) is 2. The molecule has 1 saturated heterocycles. The zero-order valence-corrected chi connectivity index (χ0v) is 10.6. The molecule has 94 valence electrons. The molecule has 2 atom stereocenters. The first kappa shape index (κ1) is 11.7. The number of fused-ring (bicyclic) bond motifs is 1. The number of rotatable bonds is 3. The third kappa shape index (κ3) is 2.40. The smallest absolute Gasteiger partial charge is 0.0309 e. The van der Waals surface area contributed by atoms with Crippen LogP contribution >= 0.6 is 0 Å². The van der Waals surface area contributed by atoms with Gasteiger partial charge in [-0.2, -0.15) is 0 Å². The van der Waals surface area contributed by atoms with Crippen molar-refractivity contribution in [2.45, 2.75) is 31.3 Å². The Morgan fingerprint density at radius 1 is 1.17 bits per heavy atom. The minimum Gasteiger partial charge on any atom is -0.324 e. The number of nitrogens with one attached hydrogen (secondary N) is 1. The monoisotopic (exact) mass is 240 g/mol. The molecule has 2 nitrogen and oxygen atoms in total. The van der Waals surface area contributed by atoms with E-state index in [1.54, 1.807) is 0 Å². The maximum atomic E-state index is 6.33. The Balaban J connectivity index is 1.80. The van der Waals surface area contributed by atoms with Crippen LogP contribution in [-0.4, -0.2) is 12.6 Å². The summed E-state index contributed by atoms with van der Waals surface area (Å²) in [6.07, 6.45) is 3.59. The summed E-state index contributed by atoms with van der Waals surface area (Å²) in [4.78, 5) is 0. The Morgan fingerprint density at radius 3 is 2.78 bits per heavy atom. The van der Waals surface area contributed by atoms with E-state index in [0.29, 0.717) is 6.04 Å². The van der Waals surface area contributed by atoms with Gasteiger partial charge in [0.2, 0.25) is 0 Å². The van der Waals surface area contributed by atoms with Gasteiger partial charge in [-0.05, 0) is 48.2 Å². The van der Waals surface area contributed by atoms with Crippen molar-refractivity contribution in [1.82, 2.24) is 5.32 Å². The van der Waals surface area contributed by atoms with E-state index >= 15 is 0 Å². The fourth-order valence-electron chi connectivity index (χ4n) is 2.84. The van der Waals surface area contributed by atoms with Crippen molar-refractivity contribution in [2.24, 2.45) is 5.73 Å². The Hall–Kier alpha value is -1.38. The zero-order chi connectivity index (χ0) is 12.4. The lowest BCUT2D eigenvalue weighted by Crippen LogP contribution is -2.26. The van der Waals surface area contributed by atoms with Crippen LogP contribution in [0.25, 0.3) is 10.8 Å². The molecule has 0 spiro atoms. The molecular weight excluding hydrogens is 220 g/mol. The Labute approximate surface area is 108 Å². The van der Waals surface area contributed by atoms with E-state index < -0.39 is 0 Å². The number of hydrogen-bond donors (Lipinski definition) is 2. The molecule has 0 saturated carbocycles. The second-order valence-corrected chi connectivity index (χ2v) is 5.24. The van der Waals surface area contributed by atoms with Crippen LogP contribution < -0.4 is 11.1 Å². The van der Waals surface area contributed by atoms with Gasteiger partial charge in [0.1, 0.15) is 0 Å².